The Morgan fingerprint density at radius 2 is 0.433 bits per heavy atom. The van der Waals surface area contributed by atoms with Crippen LogP contribution in [-0.4, -0.2) is 76.2 Å². The van der Waals surface area contributed by atoms with Crippen LogP contribution in [0.2, 0.25) is 0 Å². The van der Waals surface area contributed by atoms with Gasteiger partial charge in [0, 0.05) is 0 Å². The minimum atomic E-state index is -2.43. The van der Waals surface area contributed by atoms with Crippen LogP contribution in [0.3, 0.4) is 0 Å². The Hall–Kier alpha value is -1.13. The van der Waals surface area contributed by atoms with Crippen molar-refractivity contribution < 1.29 is 12.6 Å². The second-order valence-electron chi connectivity index (χ2n) is 23.8. The molecule has 3 nitrogen and oxygen atoms in total. The van der Waals surface area contributed by atoms with Gasteiger partial charge < -0.3 is 0 Å². The van der Waals surface area contributed by atoms with Crippen molar-refractivity contribution in [2.75, 3.05) is 57.0 Å². The summed E-state index contributed by atoms with van der Waals surface area (Å²) in [5.41, 5.74) is 9.92. The zero-order chi connectivity index (χ0) is 46.4. The van der Waals surface area contributed by atoms with E-state index in [0.717, 1.165) is 34.0 Å². The summed E-state index contributed by atoms with van der Waals surface area (Å²) in [4.78, 5) is 7.26. The van der Waals surface area contributed by atoms with Gasteiger partial charge in [-0.2, -0.15) is 0 Å². The molecular weight excluding hydrogens is 911 g/mol. The first-order valence-electron chi connectivity index (χ1n) is 28.7. The summed E-state index contributed by atoms with van der Waals surface area (Å²) in [7, 11) is 13.8. The van der Waals surface area contributed by atoms with E-state index in [-0.39, 0.29) is 0 Å². The normalized spacial score (nSPS) is 23.1. The Bertz CT molecular complexity index is 1670. The van der Waals surface area contributed by atoms with Gasteiger partial charge in [-0.15, -0.1) is 0 Å². The van der Waals surface area contributed by atoms with Crippen LogP contribution in [0.1, 0.15) is 193 Å². The molecule has 0 unspecified atom stereocenters. The van der Waals surface area contributed by atoms with Gasteiger partial charge in [-0.1, -0.05) is 0 Å². The molecule has 9 rings (SSSR count). The number of benzene rings is 3. The molecule has 377 valence electrons. The van der Waals surface area contributed by atoms with Crippen LogP contribution in [0, 0.1) is 0 Å². The van der Waals surface area contributed by atoms with Crippen LogP contribution in [0.5, 0.6) is 0 Å². The van der Waals surface area contributed by atoms with Gasteiger partial charge in [0.25, 0.3) is 0 Å². The van der Waals surface area contributed by atoms with E-state index in [1.165, 1.54) is 133 Å². The number of hydrogen-bond donors (Lipinski definition) is 0. The molecular formula is C60H99FeN3P3. The molecule has 7 heteroatoms. The maximum atomic E-state index is 2.94. The molecule has 67 heavy (non-hydrogen) atoms. The Balaban J connectivity index is 1.53. The molecule has 6 aliphatic rings. The van der Waals surface area contributed by atoms with Gasteiger partial charge in [0.1, 0.15) is 0 Å². The number of anilines is 3. The number of hydrogen-bond acceptors (Lipinski definition) is 3. The van der Waals surface area contributed by atoms with Gasteiger partial charge in [-0.3, -0.25) is 0 Å². The molecule has 6 aliphatic carbocycles. The topological polar surface area (TPSA) is 9.72 Å². The molecule has 0 saturated heterocycles. The summed E-state index contributed by atoms with van der Waals surface area (Å²) in [5, 5.41) is 6.08. The van der Waals surface area contributed by atoms with E-state index in [9.17, 15) is 0 Å². The molecule has 6 saturated carbocycles. The second kappa shape index (κ2) is 23.2. The van der Waals surface area contributed by atoms with Crippen LogP contribution >= 0.6 is 17.9 Å². The van der Waals surface area contributed by atoms with Gasteiger partial charge in [-0.05, 0) is 0 Å². The zero-order valence-corrected chi connectivity index (χ0v) is 47.9. The first kappa shape index (κ1) is 50.8. The third kappa shape index (κ3) is 9.91. The standard InChI is InChI=1S/3C20H32NP.Fe/c3*1-21(2)17-13-15-20(16-14-17)22(18-9-5-3-6-10-18)19-11-7-4-8-12-19;/h3*13-16,18-19H,3-12H2,1-2H3;/q;;;-3/p+3. The SMILES string of the molecule is CN(C)c1ccc([PH](C2CCCCC2)(C2CCCCC2)[Fe]([PH](c2ccc(N(C)C)cc2)(C2CCCCC2)C2CCCCC2)[PH](c2ccc(N(C)C)cc2)(C2CCCCC2)C2CCCCC2)cc1. The van der Waals surface area contributed by atoms with E-state index < -0.39 is 30.4 Å². The first-order valence-corrected chi connectivity index (χ1v) is 39.7. The number of nitrogens with zero attached hydrogens (tertiary/aromatic N) is 3. The summed E-state index contributed by atoms with van der Waals surface area (Å²) in [6.07, 6.45) is 45.3. The van der Waals surface area contributed by atoms with Crippen LogP contribution in [0.25, 0.3) is 0 Å². The van der Waals surface area contributed by atoms with Crippen LogP contribution in [0.15, 0.2) is 72.8 Å². The average molecular weight is 1010 g/mol. The summed E-state index contributed by atoms with van der Waals surface area (Å²) in [6, 6.07) is 33.8. The van der Waals surface area contributed by atoms with E-state index in [2.05, 4.69) is 130 Å². The molecule has 0 radical (unpaired) electrons. The van der Waals surface area contributed by atoms with Crippen LogP contribution in [-0.2, 0) is 12.6 Å². The third-order valence-corrected chi connectivity index (χ3v) is 76.2. The van der Waals surface area contributed by atoms with Gasteiger partial charge in [0.2, 0.25) is 0 Å². The monoisotopic (exact) mass is 1010 g/mol. The van der Waals surface area contributed by atoms with Crippen molar-refractivity contribution in [3.8, 4) is 0 Å². The van der Waals surface area contributed by atoms with Crippen molar-refractivity contribution in [2.24, 2.45) is 0 Å². The van der Waals surface area contributed by atoms with Crippen LogP contribution in [0.4, 0.5) is 17.1 Å². The Kier molecular flexibility index (Phi) is 17.6. The first-order chi connectivity index (χ1) is 32.7. The molecule has 0 spiro atoms. The van der Waals surface area contributed by atoms with Crippen molar-refractivity contribution >= 4 is 50.8 Å². The van der Waals surface area contributed by atoms with E-state index in [4.69, 9.17) is 0 Å². The molecule has 0 bridgehead atoms. The Morgan fingerprint density at radius 3 is 0.582 bits per heavy atom. The van der Waals surface area contributed by atoms with E-state index in [1.54, 1.807) is 77.0 Å². The Morgan fingerprint density at radius 1 is 0.269 bits per heavy atom. The minimum absolute atomic E-state index is 0.739. The van der Waals surface area contributed by atoms with E-state index in [0.29, 0.717) is 0 Å². The van der Waals surface area contributed by atoms with Gasteiger partial charge in [0.15, 0.2) is 0 Å². The van der Waals surface area contributed by atoms with Crippen molar-refractivity contribution in [2.45, 2.75) is 227 Å². The fraction of sp³-hybridized carbons (Fsp3) is 0.700. The van der Waals surface area contributed by atoms with E-state index in [1.807, 2.05) is 15.9 Å². The summed E-state index contributed by atoms with van der Waals surface area (Å²) >= 11 is -0.739. The second-order valence-corrected chi connectivity index (χ2v) is 52.8. The molecule has 0 N–H and O–H groups in total. The summed E-state index contributed by atoms with van der Waals surface area (Å²) in [5.74, 6) is -7.30. The summed E-state index contributed by atoms with van der Waals surface area (Å²) in [6.45, 7) is 0. The predicted octanol–water partition coefficient (Wildman–Crippen LogP) is 15.8. The summed E-state index contributed by atoms with van der Waals surface area (Å²) < 4.78 is 0. The fourth-order valence-corrected chi connectivity index (χ4v) is 107. The van der Waals surface area contributed by atoms with Crippen molar-refractivity contribution in [3.05, 3.63) is 72.8 Å². The molecule has 0 aliphatic heterocycles. The van der Waals surface area contributed by atoms with Gasteiger partial charge in [0.05, 0.1) is 0 Å². The third-order valence-electron chi connectivity index (χ3n) is 19.5. The van der Waals surface area contributed by atoms with Gasteiger partial charge >= 0.3 is 420 Å². The van der Waals surface area contributed by atoms with Crippen molar-refractivity contribution in [3.63, 3.8) is 0 Å². The van der Waals surface area contributed by atoms with Gasteiger partial charge in [-0.25, -0.2) is 0 Å². The maximum absolute atomic E-state index is 2.94. The molecule has 3 aromatic rings. The number of rotatable bonds is 15. The zero-order valence-electron chi connectivity index (χ0n) is 43.8. The molecule has 0 aromatic heterocycles. The molecule has 0 heterocycles. The molecule has 0 amide bonds. The molecule has 6 fully saturated rings. The Labute approximate surface area is 417 Å². The van der Waals surface area contributed by atoms with E-state index >= 15 is 0 Å². The quantitative estimate of drug-likeness (QED) is 0.111. The predicted molar refractivity (Wildman–Crippen MR) is 307 cm³/mol. The molecule has 3 aromatic carbocycles. The molecule has 0 atom stereocenters. The van der Waals surface area contributed by atoms with Crippen molar-refractivity contribution in [1.82, 2.24) is 0 Å². The average Bonchev–Trinajstić information content (AvgIpc) is 3.39. The van der Waals surface area contributed by atoms with Crippen molar-refractivity contribution in [1.29, 1.82) is 0 Å². The fourth-order valence-electron chi connectivity index (χ4n) is 16.4. The van der Waals surface area contributed by atoms with Crippen LogP contribution < -0.4 is 30.6 Å².